The lowest BCUT2D eigenvalue weighted by molar-refractivity contribution is 0.0591. The van der Waals surface area contributed by atoms with Crippen LogP contribution in [-0.2, 0) is 16.0 Å². The van der Waals surface area contributed by atoms with Gasteiger partial charge in [0, 0.05) is 18.9 Å². The highest BCUT2D eigenvalue weighted by Crippen LogP contribution is 2.02. The molecule has 0 aliphatic heterocycles. The van der Waals surface area contributed by atoms with Gasteiger partial charge in [0.1, 0.15) is 11.8 Å². The van der Waals surface area contributed by atoms with E-state index in [1.54, 1.807) is 12.1 Å². The van der Waals surface area contributed by atoms with Crippen molar-refractivity contribution < 1.29 is 23.8 Å². The van der Waals surface area contributed by atoms with Crippen LogP contribution in [0.4, 0.5) is 4.70 Å². The van der Waals surface area contributed by atoms with Gasteiger partial charge < -0.3 is 15.2 Å². The Balaban J connectivity index is 0. The van der Waals surface area contributed by atoms with Gasteiger partial charge in [-0.25, -0.2) is 14.6 Å². The number of carbonyl (C=O) groups excluding carboxylic acids is 2. The molecule has 2 aromatic rings. The van der Waals surface area contributed by atoms with E-state index < -0.39 is 5.97 Å². The molecule has 26 heavy (non-hydrogen) atoms. The minimum Gasteiger partial charge on any atom is -0.465 e. The van der Waals surface area contributed by atoms with E-state index in [-0.39, 0.29) is 23.8 Å². The van der Waals surface area contributed by atoms with Crippen LogP contribution in [-0.4, -0.2) is 36.1 Å². The third-order valence-corrected chi connectivity index (χ3v) is 2.74. The van der Waals surface area contributed by atoms with Crippen LogP contribution < -0.4 is 5.73 Å². The van der Waals surface area contributed by atoms with Gasteiger partial charge in [-0.1, -0.05) is 7.43 Å². The summed E-state index contributed by atoms with van der Waals surface area (Å²) in [5.41, 5.74) is 7.05. The van der Waals surface area contributed by atoms with Gasteiger partial charge in [-0.15, -0.1) is 0 Å². The van der Waals surface area contributed by atoms with E-state index >= 15 is 0 Å². The number of ether oxygens (including phenoxy) is 2. The zero-order valence-corrected chi connectivity index (χ0v) is 13.6. The predicted molar refractivity (Wildman–Crippen MR) is 93.0 cm³/mol. The molecule has 2 rings (SSSR count). The van der Waals surface area contributed by atoms with Gasteiger partial charge in [0.15, 0.2) is 0 Å². The zero-order chi connectivity index (χ0) is 17.9. The van der Waals surface area contributed by atoms with Crippen LogP contribution in [0.2, 0.25) is 0 Å². The highest BCUT2D eigenvalue weighted by molar-refractivity contribution is 5.89. The fourth-order valence-corrected chi connectivity index (χ4v) is 1.57. The Morgan fingerprint density at radius 2 is 1.58 bits per heavy atom. The summed E-state index contributed by atoms with van der Waals surface area (Å²) in [6.07, 6.45) is 2.93. The summed E-state index contributed by atoms with van der Waals surface area (Å²) in [7, 11) is 2.62. The van der Waals surface area contributed by atoms with Gasteiger partial charge in [-0.05, 0) is 24.3 Å². The number of nitrogens with two attached hydrogens (primary N) is 1. The molecular formula is C17H21FN4O4. The van der Waals surface area contributed by atoms with Crippen molar-refractivity contribution in [3.05, 3.63) is 59.2 Å². The van der Waals surface area contributed by atoms with Crippen LogP contribution in [0.1, 0.15) is 39.5 Å². The summed E-state index contributed by atoms with van der Waals surface area (Å²) in [6.45, 7) is 0.324. The molecule has 2 heterocycles. The zero-order valence-electron chi connectivity index (χ0n) is 13.6. The molecule has 0 radical (unpaired) electrons. The number of methoxy groups -OCH3 is 2. The van der Waals surface area contributed by atoms with Gasteiger partial charge in [0.05, 0.1) is 31.0 Å². The van der Waals surface area contributed by atoms with Crippen LogP contribution in [0, 0.1) is 11.3 Å². The topological polar surface area (TPSA) is 128 Å². The lowest BCUT2D eigenvalue weighted by Crippen LogP contribution is -2.05. The first-order valence-corrected chi connectivity index (χ1v) is 6.73. The summed E-state index contributed by atoms with van der Waals surface area (Å²) in [4.78, 5) is 29.6. The summed E-state index contributed by atoms with van der Waals surface area (Å²) in [6, 6.07) is 7.91. The maximum Gasteiger partial charge on any atom is 0.338 e. The van der Waals surface area contributed by atoms with E-state index in [2.05, 4.69) is 19.4 Å². The Kier molecular flexibility index (Phi) is 12.4. The Labute approximate surface area is 151 Å². The van der Waals surface area contributed by atoms with Crippen LogP contribution in [0.15, 0.2) is 36.7 Å². The third-order valence-electron chi connectivity index (χ3n) is 2.74. The predicted octanol–water partition coefficient (Wildman–Crippen LogP) is 1.86. The monoisotopic (exact) mass is 364 g/mol. The highest BCUT2D eigenvalue weighted by atomic mass is 19.0. The SMILES string of the molecule is C.COC(=O)c1ccnc(C#N)c1.COC(=O)c1ccnc(CN)c1.F. The summed E-state index contributed by atoms with van der Waals surface area (Å²) < 4.78 is 8.99. The second kappa shape index (κ2) is 13.0. The number of aromatic nitrogens is 2. The molecule has 0 saturated heterocycles. The molecule has 0 unspecified atom stereocenters. The molecule has 0 bridgehead atoms. The summed E-state index contributed by atoms with van der Waals surface area (Å²) in [5, 5.41) is 8.45. The third kappa shape index (κ3) is 7.46. The lowest BCUT2D eigenvalue weighted by Gasteiger charge is -1.99. The standard InChI is InChI=1S/C8H10N2O2.C8H6N2O2.CH4.FH/c2*1-12-8(11)6-2-3-10-7(4-6)5-9;;/h2-4H,5,9H2,1H3;2-4H,1H3;1H4;1H. The van der Waals surface area contributed by atoms with E-state index in [0.717, 1.165) is 0 Å². The quantitative estimate of drug-likeness (QED) is 0.817. The normalized spacial score (nSPS) is 8.38. The van der Waals surface area contributed by atoms with Crippen molar-refractivity contribution in [2.24, 2.45) is 5.73 Å². The van der Waals surface area contributed by atoms with Gasteiger partial charge in [0.2, 0.25) is 0 Å². The number of esters is 2. The number of rotatable bonds is 3. The largest absolute Gasteiger partial charge is 0.465 e. The molecule has 8 nitrogen and oxygen atoms in total. The average Bonchev–Trinajstić information content (AvgIpc) is 2.67. The number of nitriles is 1. The van der Waals surface area contributed by atoms with Crippen molar-refractivity contribution in [2.75, 3.05) is 14.2 Å². The fourth-order valence-electron chi connectivity index (χ4n) is 1.57. The maximum absolute atomic E-state index is 11.0. The average molecular weight is 364 g/mol. The molecule has 2 N–H and O–H groups in total. The minimum atomic E-state index is -0.464. The molecule has 2 aromatic heterocycles. The van der Waals surface area contributed by atoms with Crippen molar-refractivity contribution in [1.82, 2.24) is 9.97 Å². The molecule has 0 spiro atoms. The number of carbonyl (C=O) groups is 2. The fraction of sp³-hybridized carbons (Fsp3) is 0.235. The van der Waals surface area contributed by atoms with E-state index in [4.69, 9.17) is 11.0 Å². The molecule has 0 saturated carbocycles. The Morgan fingerprint density at radius 3 is 2.04 bits per heavy atom. The van der Waals surface area contributed by atoms with Crippen molar-refractivity contribution in [1.29, 1.82) is 5.26 Å². The van der Waals surface area contributed by atoms with E-state index in [9.17, 15) is 9.59 Å². The molecule has 0 aromatic carbocycles. The molecule has 9 heteroatoms. The maximum atomic E-state index is 11.0. The van der Waals surface area contributed by atoms with Crippen LogP contribution >= 0.6 is 0 Å². The smallest absolute Gasteiger partial charge is 0.338 e. The number of hydrogen-bond donors (Lipinski definition) is 1. The Bertz CT molecular complexity index is 762. The second-order valence-corrected chi connectivity index (χ2v) is 4.26. The number of hydrogen-bond acceptors (Lipinski definition) is 8. The van der Waals surface area contributed by atoms with Gasteiger partial charge in [0.25, 0.3) is 0 Å². The number of halogens is 1. The molecule has 0 amide bonds. The van der Waals surface area contributed by atoms with Crippen molar-refractivity contribution in [2.45, 2.75) is 14.0 Å². The van der Waals surface area contributed by atoms with Gasteiger partial charge in [-0.3, -0.25) is 9.69 Å². The summed E-state index contributed by atoms with van der Waals surface area (Å²) in [5.74, 6) is -0.832. The second-order valence-electron chi connectivity index (χ2n) is 4.26. The Morgan fingerprint density at radius 1 is 1.08 bits per heavy atom. The lowest BCUT2D eigenvalue weighted by atomic mass is 10.2. The minimum absolute atomic E-state index is 0. The first-order valence-electron chi connectivity index (χ1n) is 6.73. The van der Waals surface area contributed by atoms with Crippen molar-refractivity contribution >= 4 is 11.9 Å². The Hall–Kier alpha value is -3.38. The van der Waals surface area contributed by atoms with E-state index in [1.165, 1.54) is 38.7 Å². The van der Waals surface area contributed by atoms with Crippen molar-refractivity contribution in [3.63, 3.8) is 0 Å². The van der Waals surface area contributed by atoms with Gasteiger partial charge >= 0.3 is 11.9 Å². The van der Waals surface area contributed by atoms with E-state index in [0.29, 0.717) is 23.4 Å². The molecule has 0 atom stereocenters. The van der Waals surface area contributed by atoms with Crippen LogP contribution in [0.25, 0.3) is 0 Å². The number of pyridine rings is 2. The highest BCUT2D eigenvalue weighted by Gasteiger charge is 2.05. The molecule has 0 aliphatic rings. The first kappa shape index (κ1) is 24.9. The molecule has 0 aliphatic carbocycles. The van der Waals surface area contributed by atoms with Crippen LogP contribution in [0.5, 0.6) is 0 Å². The first-order chi connectivity index (χ1) is 11.5. The van der Waals surface area contributed by atoms with E-state index in [1.807, 2.05) is 6.07 Å². The number of nitrogens with zero attached hydrogens (tertiary/aromatic N) is 3. The molecule has 0 fully saturated rings. The summed E-state index contributed by atoms with van der Waals surface area (Å²) >= 11 is 0. The molecular weight excluding hydrogens is 343 g/mol. The van der Waals surface area contributed by atoms with Gasteiger partial charge in [-0.2, -0.15) is 5.26 Å². The van der Waals surface area contributed by atoms with Crippen molar-refractivity contribution in [3.8, 4) is 6.07 Å². The molecule has 140 valence electrons. The van der Waals surface area contributed by atoms with Crippen LogP contribution in [0.3, 0.4) is 0 Å².